The van der Waals surface area contributed by atoms with Gasteiger partial charge in [-0.05, 0) is 36.8 Å². The predicted octanol–water partition coefficient (Wildman–Crippen LogP) is 3.57. The van der Waals surface area contributed by atoms with Crippen LogP contribution in [0.25, 0.3) is 0 Å². The summed E-state index contributed by atoms with van der Waals surface area (Å²) in [6, 6.07) is 9.45. The molecule has 0 saturated carbocycles. The molecule has 0 N–H and O–H groups in total. The number of alkyl halides is 3. The van der Waals surface area contributed by atoms with E-state index < -0.39 is 17.8 Å². The molecule has 2 aromatic rings. The van der Waals surface area contributed by atoms with E-state index >= 15 is 0 Å². The molecule has 1 saturated heterocycles. The number of nitrogens with zero attached hydrogens (tertiary/aromatic N) is 3. The summed E-state index contributed by atoms with van der Waals surface area (Å²) in [6.07, 6.45) is -3.73. The molecule has 0 spiro atoms. The summed E-state index contributed by atoms with van der Waals surface area (Å²) in [5.41, 5.74) is 0.0316. The van der Waals surface area contributed by atoms with Crippen LogP contribution >= 0.6 is 0 Å². The van der Waals surface area contributed by atoms with E-state index in [4.69, 9.17) is 10.00 Å². The van der Waals surface area contributed by atoms with Crippen LogP contribution < -0.4 is 0 Å². The van der Waals surface area contributed by atoms with Gasteiger partial charge in [0, 0.05) is 11.8 Å². The van der Waals surface area contributed by atoms with Gasteiger partial charge in [-0.1, -0.05) is 12.1 Å². The number of aromatic nitrogens is 1. The van der Waals surface area contributed by atoms with Crippen molar-refractivity contribution in [3.8, 4) is 6.07 Å². The first kappa shape index (κ1) is 18.9. The molecule has 27 heavy (non-hydrogen) atoms. The molecule has 0 bridgehead atoms. The quantitative estimate of drug-likeness (QED) is 0.805. The highest BCUT2D eigenvalue weighted by molar-refractivity contribution is 5.94. The highest BCUT2D eigenvalue weighted by atomic mass is 19.4. The van der Waals surface area contributed by atoms with Crippen molar-refractivity contribution in [2.45, 2.75) is 25.2 Å². The van der Waals surface area contributed by atoms with E-state index in [1.807, 2.05) is 6.07 Å². The zero-order chi connectivity index (χ0) is 19.6. The van der Waals surface area contributed by atoms with Gasteiger partial charge in [-0.3, -0.25) is 4.79 Å². The highest BCUT2D eigenvalue weighted by Gasteiger charge is 2.34. The van der Waals surface area contributed by atoms with Crippen LogP contribution in [0.15, 0.2) is 42.6 Å². The zero-order valence-corrected chi connectivity index (χ0v) is 14.4. The molecule has 5 nitrogen and oxygen atoms in total. The topological polar surface area (TPSA) is 66.2 Å². The Labute approximate surface area is 154 Å². The number of hydrogen-bond donors (Lipinski definition) is 0. The lowest BCUT2D eigenvalue weighted by molar-refractivity contribution is -0.137. The van der Waals surface area contributed by atoms with Crippen molar-refractivity contribution in [1.82, 2.24) is 9.88 Å². The number of carbonyl (C=O) groups excluding carboxylic acids is 1. The number of ether oxygens (including phenoxy) is 1. The first-order valence-electron chi connectivity index (χ1n) is 8.25. The maximum absolute atomic E-state index is 13.0. The Balaban J connectivity index is 1.84. The Hall–Kier alpha value is -2.92. The van der Waals surface area contributed by atoms with Gasteiger partial charge >= 0.3 is 6.18 Å². The second kappa shape index (κ2) is 7.37. The lowest BCUT2D eigenvalue weighted by atomic mass is 10.0. The van der Waals surface area contributed by atoms with Crippen LogP contribution in [-0.4, -0.2) is 35.0 Å². The number of benzene rings is 1. The van der Waals surface area contributed by atoms with Gasteiger partial charge in [-0.25, -0.2) is 4.98 Å². The second-order valence-electron chi connectivity index (χ2n) is 6.29. The summed E-state index contributed by atoms with van der Waals surface area (Å²) >= 11 is 0. The fourth-order valence-corrected chi connectivity index (χ4v) is 2.95. The fourth-order valence-electron chi connectivity index (χ4n) is 2.95. The van der Waals surface area contributed by atoms with E-state index in [0.717, 1.165) is 12.1 Å². The van der Waals surface area contributed by atoms with Crippen molar-refractivity contribution < 1.29 is 22.7 Å². The standard InChI is InChI=1S/C19H16F3N3O2/c1-12-11-27-17(13-3-2-4-15(7-13)19(20,21)22)10-25(12)18(26)14-5-6-24-16(8-14)9-23/h2-8,12,17H,10-11H2,1H3. The summed E-state index contributed by atoms with van der Waals surface area (Å²) in [4.78, 5) is 18.2. The molecule has 0 aliphatic carbocycles. The molecule has 3 rings (SSSR count). The number of hydrogen-bond acceptors (Lipinski definition) is 4. The van der Waals surface area contributed by atoms with Crippen molar-refractivity contribution in [1.29, 1.82) is 5.26 Å². The van der Waals surface area contributed by atoms with E-state index in [2.05, 4.69) is 4.98 Å². The molecular formula is C19H16F3N3O2. The SMILES string of the molecule is CC1COC(c2cccc(C(F)(F)F)c2)CN1C(=O)c1ccnc(C#N)c1. The molecule has 1 aliphatic rings. The molecule has 1 aromatic heterocycles. The smallest absolute Gasteiger partial charge is 0.370 e. The van der Waals surface area contributed by atoms with E-state index in [-0.39, 0.29) is 30.8 Å². The molecule has 140 valence electrons. The third-order valence-electron chi connectivity index (χ3n) is 4.40. The minimum absolute atomic E-state index is 0.117. The molecule has 1 fully saturated rings. The molecule has 1 aromatic carbocycles. The van der Waals surface area contributed by atoms with Crippen LogP contribution in [0.4, 0.5) is 13.2 Å². The minimum Gasteiger partial charge on any atom is -0.370 e. The van der Waals surface area contributed by atoms with Gasteiger partial charge in [0.25, 0.3) is 5.91 Å². The van der Waals surface area contributed by atoms with E-state index in [0.29, 0.717) is 11.1 Å². The molecule has 2 heterocycles. The lowest BCUT2D eigenvalue weighted by Crippen LogP contribution is -2.48. The van der Waals surface area contributed by atoms with Crippen LogP contribution in [0.1, 0.15) is 40.2 Å². The third kappa shape index (κ3) is 4.09. The fraction of sp³-hybridized carbons (Fsp3) is 0.316. The minimum atomic E-state index is -4.45. The van der Waals surface area contributed by atoms with Crippen LogP contribution in [0.2, 0.25) is 0 Å². The summed E-state index contributed by atoms with van der Waals surface area (Å²) in [5.74, 6) is -0.318. The molecule has 2 atom stereocenters. The lowest BCUT2D eigenvalue weighted by Gasteiger charge is -2.38. The van der Waals surface area contributed by atoms with Crippen molar-refractivity contribution in [2.24, 2.45) is 0 Å². The Kier molecular flexibility index (Phi) is 5.15. The number of nitriles is 1. The molecule has 2 unspecified atom stereocenters. The summed E-state index contributed by atoms with van der Waals surface area (Å²) in [5, 5.41) is 8.94. The van der Waals surface area contributed by atoms with Crippen LogP contribution in [0.5, 0.6) is 0 Å². The average molecular weight is 375 g/mol. The Morgan fingerprint density at radius 1 is 1.33 bits per heavy atom. The molecule has 1 aliphatic heterocycles. The van der Waals surface area contributed by atoms with Crippen molar-refractivity contribution in [3.05, 3.63) is 65.0 Å². The average Bonchev–Trinajstić information content (AvgIpc) is 2.67. The van der Waals surface area contributed by atoms with E-state index in [1.54, 1.807) is 17.9 Å². The monoisotopic (exact) mass is 375 g/mol. The normalized spacial score (nSPS) is 20.2. The first-order chi connectivity index (χ1) is 12.8. The number of carbonyl (C=O) groups is 1. The van der Waals surface area contributed by atoms with Crippen molar-refractivity contribution >= 4 is 5.91 Å². The van der Waals surface area contributed by atoms with Gasteiger partial charge in [-0.15, -0.1) is 0 Å². The summed E-state index contributed by atoms with van der Waals surface area (Å²) in [7, 11) is 0. The summed E-state index contributed by atoms with van der Waals surface area (Å²) in [6.45, 7) is 2.11. The van der Waals surface area contributed by atoms with Gasteiger partial charge in [0.1, 0.15) is 17.9 Å². The zero-order valence-electron chi connectivity index (χ0n) is 14.4. The maximum atomic E-state index is 13.0. The van der Waals surface area contributed by atoms with E-state index in [9.17, 15) is 18.0 Å². The van der Waals surface area contributed by atoms with Gasteiger partial charge < -0.3 is 9.64 Å². The predicted molar refractivity (Wildman–Crippen MR) is 89.6 cm³/mol. The highest BCUT2D eigenvalue weighted by Crippen LogP contribution is 2.33. The molecule has 8 heteroatoms. The molecule has 0 radical (unpaired) electrons. The first-order valence-corrected chi connectivity index (χ1v) is 8.25. The maximum Gasteiger partial charge on any atom is 0.416 e. The number of amides is 1. The molecular weight excluding hydrogens is 359 g/mol. The van der Waals surface area contributed by atoms with Gasteiger partial charge in [0.15, 0.2) is 0 Å². The Morgan fingerprint density at radius 2 is 2.11 bits per heavy atom. The number of morpholine rings is 1. The number of pyridine rings is 1. The number of halogens is 3. The van der Waals surface area contributed by atoms with Crippen molar-refractivity contribution in [3.63, 3.8) is 0 Å². The largest absolute Gasteiger partial charge is 0.416 e. The van der Waals surface area contributed by atoms with Gasteiger partial charge in [0.2, 0.25) is 0 Å². The van der Waals surface area contributed by atoms with Gasteiger partial charge in [-0.2, -0.15) is 18.4 Å². The van der Waals surface area contributed by atoms with Crippen LogP contribution in [-0.2, 0) is 10.9 Å². The number of rotatable bonds is 2. The van der Waals surface area contributed by atoms with Crippen LogP contribution in [0.3, 0.4) is 0 Å². The van der Waals surface area contributed by atoms with Crippen LogP contribution in [0, 0.1) is 11.3 Å². The Bertz CT molecular complexity index is 892. The van der Waals surface area contributed by atoms with Crippen molar-refractivity contribution in [2.75, 3.05) is 13.2 Å². The Morgan fingerprint density at radius 3 is 2.81 bits per heavy atom. The van der Waals surface area contributed by atoms with E-state index in [1.165, 1.54) is 24.4 Å². The van der Waals surface area contributed by atoms with Gasteiger partial charge in [0.05, 0.1) is 24.8 Å². The summed E-state index contributed by atoms with van der Waals surface area (Å²) < 4.78 is 44.6. The molecule has 1 amide bonds. The third-order valence-corrected chi connectivity index (χ3v) is 4.40. The second-order valence-corrected chi connectivity index (χ2v) is 6.29.